The molecule has 4 heteroatoms. The van der Waals surface area contributed by atoms with E-state index in [1.54, 1.807) is 0 Å². The minimum Gasteiger partial charge on any atom is -0.351 e. The molecule has 1 saturated heterocycles. The van der Waals surface area contributed by atoms with Gasteiger partial charge >= 0.3 is 0 Å². The molecule has 0 aliphatic carbocycles. The zero-order chi connectivity index (χ0) is 14.3. The van der Waals surface area contributed by atoms with Crippen molar-refractivity contribution in [2.45, 2.75) is 40.2 Å². The maximum absolute atomic E-state index is 11.8. The van der Waals surface area contributed by atoms with Crippen molar-refractivity contribution in [1.82, 2.24) is 15.1 Å². The van der Waals surface area contributed by atoms with Crippen LogP contribution in [-0.4, -0.2) is 61.0 Å². The van der Waals surface area contributed by atoms with Gasteiger partial charge in [0.2, 0.25) is 5.91 Å². The fraction of sp³-hybridized carbons (Fsp3) is 0.800. The molecule has 0 unspecified atom stereocenters. The van der Waals surface area contributed by atoms with Gasteiger partial charge in [-0.1, -0.05) is 19.9 Å². The van der Waals surface area contributed by atoms with Gasteiger partial charge in [-0.2, -0.15) is 0 Å². The average Bonchev–Trinajstić information content (AvgIpc) is 2.44. The first-order chi connectivity index (χ1) is 9.08. The lowest BCUT2D eigenvalue weighted by molar-refractivity contribution is -0.117. The van der Waals surface area contributed by atoms with E-state index in [0.29, 0.717) is 6.04 Å². The molecular weight excluding hydrogens is 238 g/mol. The first-order valence-electron chi connectivity index (χ1n) is 7.49. The average molecular weight is 267 g/mol. The second kappa shape index (κ2) is 8.33. The van der Waals surface area contributed by atoms with E-state index in [4.69, 9.17) is 0 Å². The Kier molecular flexibility index (Phi) is 7.10. The molecule has 110 valence electrons. The van der Waals surface area contributed by atoms with E-state index >= 15 is 0 Å². The molecule has 1 atom stereocenters. The van der Waals surface area contributed by atoms with Gasteiger partial charge in [-0.05, 0) is 26.8 Å². The molecule has 1 fully saturated rings. The molecule has 1 aliphatic heterocycles. The lowest BCUT2D eigenvalue weighted by Gasteiger charge is -2.37. The Labute approximate surface area is 117 Å². The fourth-order valence-electron chi connectivity index (χ4n) is 2.43. The van der Waals surface area contributed by atoms with Gasteiger partial charge in [-0.3, -0.25) is 9.69 Å². The summed E-state index contributed by atoms with van der Waals surface area (Å²) in [5, 5.41) is 3.03. The normalized spacial score (nSPS) is 20.3. The van der Waals surface area contributed by atoms with Crippen LogP contribution in [0.2, 0.25) is 0 Å². The van der Waals surface area contributed by atoms with Crippen LogP contribution in [0.15, 0.2) is 11.6 Å². The summed E-state index contributed by atoms with van der Waals surface area (Å²) in [6.07, 6.45) is 2.88. The Morgan fingerprint density at radius 3 is 2.42 bits per heavy atom. The van der Waals surface area contributed by atoms with Crippen molar-refractivity contribution in [3.05, 3.63) is 11.6 Å². The van der Waals surface area contributed by atoms with E-state index in [-0.39, 0.29) is 5.91 Å². The van der Waals surface area contributed by atoms with Crippen LogP contribution < -0.4 is 5.32 Å². The van der Waals surface area contributed by atoms with Crippen LogP contribution >= 0.6 is 0 Å². The summed E-state index contributed by atoms with van der Waals surface area (Å²) in [7, 11) is 0. The van der Waals surface area contributed by atoms with Crippen LogP contribution in [0.1, 0.15) is 34.1 Å². The third kappa shape index (κ3) is 5.33. The Morgan fingerprint density at radius 2 is 1.89 bits per heavy atom. The van der Waals surface area contributed by atoms with Crippen LogP contribution in [0.5, 0.6) is 0 Å². The molecule has 1 amide bonds. The van der Waals surface area contributed by atoms with Gasteiger partial charge < -0.3 is 10.2 Å². The van der Waals surface area contributed by atoms with Crippen LogP contribution in [0, 0.1) is 0 Å². The predicted octanol–water partition coefficient (Wildman–Crippen LogP) is 1.48. The highest BCUT2D eigenvalue weighted by atomic mass is 16.1. The Bertz CT molecular complexity index is 307. The summed E-state index contributed by atoms with van der Waals surface area (Å²) in [4.78, 5) is 16.7. The molecule has 1 heterocycles. The van der Waals surface area contributed by atoms with Crippen molar-refractivity contribution < 1.29 is 4.79 Å². The number of hydrogen-bond donors (Lipinski definition) is 1. The SMILES string of the molecule is CC/C=C(/C)C(=O)NC[C@H](C)N1CCN(CC)CC1. The van der Waals surface area contributed by atoms with Crippen LogP contribution in [0.3, 0.4) is 0 Å². The number of hydrogen-bond acceptors (Lipinski definition) is 3. The zero-order valence-electron chi connectivity index (χ0n) is 12.9. The maximum atomic E-state index is 11.8. The number of nitrogens with zero attached hydrogens (tertiary/aromatic N) is 2. The minimum absolute atomic E-state index is 0.0703. The van der Waals surface area contributed by atoms with Crippen LogP contribution in [0.4, 0.5) is 0 Å². The standard InChI is InChI=1S/C15H29N3O/c1-5-7-13(3)15(19)16-12-14(4)18-10-8-17(6-2)9-11-18/h7,14H,5-6,8-12H2,1-4H3,(H,16,19)/b13-7-/t14-/m0/s1. The highest BCUT2D eigenvalue weighted by Crippen LogP contribution is 2.05. The van der Waals surface area contributed by atoms with Crippen molar-refractivity contribution in [2.24, 2.45) is 0 Å². The summed E-state index contributed by atoms with van der Waals surface area (Å²) in [6.45, 7) is 14.7. The molecular formula is C15H29N3O. The molecule has 1 N–H and O–H groups in total. The molecule has 0 aromatic heterocycles. The fourth-order valence-corrected chi connectivity index (χ4v) is 2.43. The highest BCUT2D eigenvalue weighted by molar-refractivity contribution is 5.92. The van der Waals surface area contributed by atoms with E-state index in [0.717, 1.165) is 51.3 Å². The monoisotopic (exact) mass is 267 g/mol. The number of amides is 1. The second-order valence-corrected chi connectivity index (χ2v) is 5.32. The molecule has 0 aromatic rings. The van der Waals surface area contributed by atoms with Crippen molar-refractivity contribution in [3.8, 4) is 0 Å². The Morgan fingerprint density at radius 1 is 1.26 bits per heavy atom. The molecule has 4 nitrogen and oxygen atoms in total. The summed E-state index contributed by atoms with van der Waals surface area (Å²) in [6, 6.07) is 0.414. The van der Waals surface area contributed by atoms with Crippen molar-refractivity contribution in [3.63, 3.8) is 0 Å². The highest BCUT2D eigenvalue weighted by Gasteiger charge is 2.20. The largest absolute Gasteiger partial charge is 0.351 e. The van der Waals surface area contributed by atoms with E-state index in [9.17, 15) is 4.79 Å². The molecule has 0 aromatic carbocycles. The van der Waals surface area contributed by atoms with Gasteiger partial charge in [-0.25, -0.2) is 0 Å². The van der Waals surface area contributed by atoms with Crippen molar-refractivity contribution in [2.75, 3.05) is 39.3 Å². The summed E-state index contributed by atoms with van der Waals surface area (Å²) < 4.78 is 0. The number of allylic oxidation sites excluding steroid dienone is 1. The molecule has 0 saturated carbocycles. The zero-order valence-corrected chi connectivity index (χ0v) is 12.9. The Hall–Kier alpha value is -0.870. The number of rotatable bonds is 6. The van der Waals surface area contributed by atoms with E-state index < -0.39 is 0 Å². The molecule has 0 spiro atoms. The summed E-state index contributed by atoms with van der Waals surface area (Å²) in [5.41, 5.74) is 0.825. The van der Waals surface area contributed by atoms with Gasteiger partial charge in [0.25, 0.3) is 0 Å². The summed E-state index contributed by atoms with van der Waals surface area (Å²) in [5.74, 6) is 0.0703. The number of carbonyl (C=O) groups excluding carboxylic acids is 1. The van der Waals surface area contributed by atoms with Gasteiger partial charge in [0.1, 0.15) is 0 Å². The van der Waals surface area contributed by atoms with E-state index in [1.807, 2.05) is 19.9 Å². The molecule has 1 aliphatic rings. The third-order valence-electron chi connectivity index (χ3n) is 3.90. The molecule has 0 radical (unpaired) electrons. The lowest BCUT2D eigenvalue weighted by Crippen LogP contribution is -2.52. The number of piperazine rings is 1. The van der Waals surface area contributed by atoms with Gasteiger partial charge in [-0.15, -0.1) is 0 Å². The summed E-state index contributed by atoms with van der Waals surface area (Å²) >= 11 is 0. The number of carbonyl (C=O) groups is 1. The third-order valence-corrected chi connectivity index (χ3v) is 3.90. The molecule has 0 bridgehead atoms. The Balaban J connectivity index is 2.30. The van der Waals surface area contributed by atoms with Gasteiger partial charge in [0.15, 0.2) is 0 Å². The van der Waals surface area contributed by atoms with E-state index in [1.165, 1.54) is 0 Å². The quantitative estimate of drug-likeness (QED) is 0.741. The lowest BCUT2D eigenvalue weighted by atomic mass is 10.2. The van der Waals surface area contributed by atoms with Crippen molar-refractivity contribution >= 4 is 5.91 Å². The molecule has 19 heavy (non-hydrogen) atoms. The maximum Gasteiger partial charge on any atom is 0.246 e. The first kappa shape index (κ1) is 16.2. The number of nitrogens with one attached hydrogen (secondary N) is 1. The van der Waals surface area contributed by atoms with E-state index in [2.05, 4.69) is 29.0 Å². The first-order valence-corrected chi connectivity index (χ1v) is 7.49. The minimum atomic E-state index is 0.0703. The van der Waals surface area contributed by atoms with Crippen LogP contribution in [-0.2, 0) is 4.79 Å². The second-order valence-electron chi connectivity index (χ2n) is 5.32. The topological polar surface area (TPSA) is 35.6 Å². The number of likely N-dealkylation sites (N-methyl/N-ethyl adjacent to an activating group) is 1. The smallest absolute Gasteiger partial charge is 0.246 e. The van der Waals surface area contributed by atoms with Crippen molar-refractivity contribution in [1.29, 1.82) is 0 Å². The van der Waals surface area contributed by atoms with Gasteiger partial charge in [0, 0.05) is 44.3 Å². The van der Waals surface area contributed by atoms with Gasteiger partial charge in [0.05, 0.1) is 0 Å². The predicted molar refractivity (Wildman–Crippen MR) is 80.2 cm³/mol. The molecule has 1 rings (SSSR count). The van der Waals surface area contributed by atoms with Crippen LogP contribution in [0.25, 0.3) is 0 Å².